The highest BCUT2D eigenvalue weighted by atomic mass is 16.5. The van der Waals surface area contributed by atoms with Gasteiger partial charge in [0.2, 0.25) is 11.8 Å². The summed E-state index contributed by atoms with van der Waals surface area (Å²) in [5.41, 5.74) is 2.08. The van der Waals surface area contributed by atoms with E-state index in [0.29, 0.717) is 13.2 Å². The first kappa shape index (κ1) is 19.7. The number of benzene rings is 1. The highest BCUT2D eigenvalue weighted by Gasteiger charge is 2.29. The van der Waals surface area contributed by atoms with E-state index in [4.69, 9.17) is 4.74 Å². The first-order valence-corrected chi connectivity index (χ1v) is 10.1. The van der Waals surface area contributed by atoms with Crippen molar-refractivity contribution in [3.05, 3.63) is 24.3 Å². The van der Waals surface area contributed by atoms with Gasteiger partial charge in [-0.2, -0.15) is 0 Å². The summed E-state index contributed by atoms with van der Waals surface area (Å²) >= 11 is 0. The predicted octanol–water partition coefficient (Wildman–Crippen LogP) is 2.79. The number of nitrogens with one attached hydrogen (secondary N) is 2. The van der Waals surface area contributed by atoms with E-state index in [-0.39, 0.29) is 23.7 Å². The molecule has 1 aliphatic heterocycles. The van der Waals surface area contributed by atoms with Crippen LogP contribution in [0, 0.1) is 11.8 Å². The summed E-state index contributed by atoms with van der Waals surface area (Å²) in [7, 11) is 1.62. The fourth-order valence-corrected chi connectivity index (χ4v) is 4.01. The smallest absolute Gasteiger partial charge is 0.227 e. The second kappa shape index (κ2) is 9.74. The van der Waals surface area contributed by atoms with Crippen LogP contribution in [0.5, 0.6) is 0 Å². The van der Waals surface area contributed by atoms with Gasteiger partial charge in [0.1, 0.15) is 0 Å². The SMILES string of the molecule is COCCNC(=O)C1CCC(C(=O)Nc2ccc(N3CCCC3)cc2)CC1. The van der Waals surface area contributed by atoms with E-state index in [1.165, 1.54) is 18.5 Å². The molecule has 6 heteroatoms. The minimum atomic E-state index is -0.00807. The Labute approximate surface area is 161 Å². The molecule has 6 nitrogen and oxygen atoms in total. The van der Waals surface area contributed by atoms with Gasteiger partial charge in [0.25, 0.3) is 0 Å². The van der Waals surface area contributed by atoms with Crippen molar-refractivity contribution in [3.8, 4) is 0 Å². The number of rotatable bonds is 7. The molecule has 2 aliphatic rings. The molecule has 1 aromatic rings. The molecule has 0 unspecified atom stereocenters. The molecule has 2 N–H and O–H groups in total. The van der Waals surface area contributed by atoms with Gasteiger partial charge >= 0.3 is 0 Å². The quantitative estimate of drug-likeness (QED) is 0.721. The lowest BCUT2D eigenvalue weighted by Gasteiger charge is -2.27. The Morgan fingerprint density at radius 3 is 2.19 bits per heavy atom. The van der Waals surface area contributed by atoms with Gasteiger partial charge in [-0.05, 0) is 62.8 Å². The molecule has 148 valence electrons. The van der Waals surface area contributed by atoms with Crippen LogP contribution in [0.1, 0.15) is 38.5 Å². The minimum absolute atomic E-state index is 0.00807. The lowest BCUT2D eigenvalue weighted by atomic mass is 9.81. The molecule has 1 heterocycles. The number of nitrogens with zero attached hydrogens (tertiary/aromatic N) is 1. The number of carbonyl (C=O) groups is 2. The summed E-state index contributed by atoms with van der Waals surface area (Å²) in [6, 6.07) is 8.14. The summed E-state index contributed by atoms with van der Waals surface area (Å²) < 4.78 is 4.95. The second-order valence-electron chi connectivity index (χ2n) is 7.56. The van der Waals surface area contributed by atoms with Crippen molar-refractivity contribution in [2.24, 2.45) is 11.8 Å². The van der Waals surface area contributed by atoms with E-state index in [1.54, 1.807) is 7.11 Å². The van der Waals surface area contributed by atoms with E-state index in [0.717, 1.165) is 44.5 Å². The maximum atomic E-state index is 12.6. The fraction of sp³-hybridized carbons (Fsp3) is 0.619. The van der Waals surface area contributed by atoms with Crippen LogP contribution in [0.15, 0.2) is 24.3 Å². The molecule has 0 radical (unpaired) electrons. The highest BCUT2D eigenvalue weighted by molar-refractivity contribution is 5.93. The second-order valence-corrected chi connectivity index (χ2v) is 7.56. The largest absolute Gasteiger partial charge is 0.383 e. The maximum Gasteiger partial charge on any atom is 0.227 e. The van der Waals surface area contributed by atoms with Crippen molar-refractivity contribution in [2.75, 3.05) is 43.6 Å². The number of carbonyl (C=O) groups excluding carboxylic acids is 2. The number of ether oxygens (including phenoxy) is 1. The van der Waals surface area contributed by atoms with Gasteiger partial charge in [0, 0.05) is 50.0 Å². The summed E-state index contributed by atoms with van der Waals surface area (Å²) in [6.07, 6.45) is 5.58. The van der Waals surface area contributed by atoms with E-state index in [9.17, 15) is 9.59 Å². The summed E-state index contributed by atoms with van der Waals surface area (Å²) in [5.74, 6) is 0.169. The number of amides is 2. The van der Waals surface area contributed by atoms with Gasteiger partial charge in [0.05, 0.1) is 6.61 Å². The van der Waals surface area contributed by atoms with Crippen LogP contribution in [-0.2, 0) is 14.3 Å². The third-order valence-corrected chi connectivity index (χ3v) is 5.68. The molecule has 0 atom stereocenters. The van der Waals surface area contributed by atoms with Crippen molar-refractivity contribution in [2.45, 2.75) is 38.5 Å². The van der Waals surface area contributed by atoms with Gasteiger partial charge in [-0.15, -0.1) is 0 Å². The fourth-order valence-electron chi connectivity index (χ4n) is 4.01. The van der Waals surface area contributed by atoms with Crippen molar-refractivity contribution >= 4 is 23.2 Å². The molecular weight excluding hydrogens is 342 g/mol. The number of anilines is 2. The van der Waals surface area contributed by atoms with Crippen molar-refractivity contribution in [1.82, 2.24) is 5.32 Å². The van der Waals surface area contributed by atoms with Gasteiger partial charge in [0.15, 0.2) is 0 Å². The van der Waals surface area contributed by atoms with Crippen LogP contribution in [0.4, 0.5) is 11.4 Å². The van der Waals surface area contributed by atoms with Crippen LogP contribution in [0.2, 0.25) is 0 Å². The van der Waals surface area contributed by atoms with Crippen molar-refractivity contribution < 1.29 is 14.3 Å². The van der Waals surface area contributed by atoms with Crippen LogP contribution in [0.25, 0.3) is 0 Å². The first-order valence-electron chi connectivity index (χ1n) is 10.1. The van der Waals surface area contributed by atoms with E-state index in [1.807, 2.05) is 12.1 Å². The zero-order valence-electron chi connectivity index (χ0n) is 16.2. The van der Waals surface area contributed by atoms with Gasteiger partial charge < -0.3 is 20.3 Å². The molecule has 2 fully saturated rings. The Bertz CT molecular complexity index is 618. The summed E-state index contributed by atoms with van der Waals surface area (Å²) in [5, 5.41) is 5.94. The molecule has 1 saturated carbocycles. The minimum Gasteiger partial charge on any atom is -0.383 e. The maximum absolute atomic E-state index is 12.6. The lowest BCUT2D eigenvalue weighted by Crippen LogP contribution is -2.36. The van der Waals surface area contributed by atoms with Crippen LogP contribution in [-0.4, -0.2) is 45.2 Å². The standard InChI is InChI=1S/C21H31N3O3/c1-27-15-12-22-20(25)16-4-6-17(7-5-16)21(26)23-18-8-10-19(11-9-18)24-13-2-3-14-24/h8-11,16-17H,2-7,12-15H2,1H3,(H,22,25)(H,23,26). The summed E-state index contributed by atoms with van der Waals surface area (Å²) in [4.78, 5) is 27.0. The number of methoxy groups -OCH3 is 1. The average Bonchev–Trinajstić information content (AvgIpc) is 3.23. The summed E-state index contributed by atoms with van der Waals surface area (Å²) in [6.45, 7) is 3.31. The Morgan fingerprint density at radius 1 is 1.00 bits per heavy atom. The molecular formula is C21H31N3O3. The molecule has 0 spiro atoms. The third kappa shape index (κ3) is 5.45. The normalized spacial score (nSPS) is 22.5. The number of hydrogen-bond acceptors (Lipinski definition) is 4. The molecule has 2 amide bonds. The molecule has 0 bridgehead atoms. The van der Waals surface area contributed by atoms with Gasteiger partial charge in [-0.25, -0.2) is 0 Å². The zero-order valence-corrected chi connectivity index (χ0v) is 16.2. The molecule has 27 heavy (non-hydrogen) atoms. The Balaban J connectivity index is 1.43. The van der Waals surface area contributed by atoms with Crippen LogP contribution >= 0.6 is 0 Å². The van der Waals surface area contributed by atoms with Crippen LogP contribution < -0.4 is 15.5 Å². The lowest BCUT2D eigenvalue weighted by molar-refractivity contribution is -0.128. The molecule has 3 rings (SSSR count). The van der Waals surface area contributed by atoms with Gasteiger partial charge in [-0.3, -0.25) is 9.59 Å². The molecule has 1 saturated heterocycles. The average molecular weight is 373 g/mol. The van der Waals surface area contributed by atoms with E-state index < -0.39 is 0 Å². The first-order chi connectivity index (χ1) is 13.2. The highest BCUT2D eigenvalue weighted by Crippen LogP contribution is 2.30. The molecule has 1 aromatic carbocycles. The Kier molecular flexibility index (Phi) is 7.10. The molecule has 0 aromatic heterocycles. The van der Waals surface area contributed by atoms with E-state index in [2.05, 4.69) is 27.7 Å². The predicted molar refractivity (Wildman–Crippen MR) is 107 cm³/mol. The van der Waals surface area contributed by atoms with Crippen molar-refractivity contribution in [1.29, 1.82) is 0 Å². The Hall–Kier alpha value is -2.08. The third-order valence-electron chi connectivity index (χ3n) is 5.68. The monoisotopic (exact) mass is 373 g/mol. The van der Waals surface area contributed by atoms with Crippen LogP contribution in [0.3, 0.4) is 0 Å². The van der Waals surface area contributed by atoms with E-state index >= 15 is 0 Å². The van der Waals surface area contributed by atoms with Crippen molar-refractivity contribution in [3.63, 3.8) is 0 Å². The topological polar surface area (TPSA) is 70.7 Å². The Morgan fingerprint density at radius 2 is 1.59 bits per heavy atom. The van der Waals surface area contributed by atoms with Gasteiger partial charge in [-0.1, -0.05) is 0 Å². The zero-order chi connectivity index (χ0) is 19.1. The molecule has 1 aliphatic carbocycles. The number of hydrogen-bond donors (Lipinski definition) is 2.